The van der Waals surface area contributed by atoms with Crippen LogP contribution in [0.15, 0.2) is 41.0 Å². The number of hydrogen-bond donors (Lipinski definition) is 0. The van der Waals surface area contributed by atoms with E-state index in [0.29, 0.717) is 34.4 Å². The summed E-state index contributed by atoms with van der Waals surface area (Å²) in [7, 11) is 0.540. The molecule has 1 fully saturated rings. The number of fused-ring (bicyclic) bond motifs is 1. The van der Waals surface area contributed by atoms with Crippen LogP contribution in [0.25, 0.3) is 11.0 Å². The second kappa shape index (κ2) is 10.2. The lowest BCUT2D eigenvalue weighted by atomic mass is 9.77. The summed E-state index contributed by atoms with van der Waals surface area (Å²) >= 11 is 0. The fourth-order valence-corrected chi connectivity index (χ4v) is 4.15. The first-order chi connectivity index (χ1) is 17.8. The summed E-state index contributed by atoms with van der Waals surface area (Å²) in [4.78, 5) is 12.1. The molecule has 3 aromatic rings. The van der Waals surface area contributed by atoms with E-state index in [1.54, 1.807) is 31.2 Å². The van der Waals surface area contributed by atoms with Crippen molar-refractivity contribution in [2.24, 2.45) is 0 Å². The molecule has 38 heavy (non-hydrogen) atoms. The molecule has 4 rings (SSSR count). The quantitative estimate of drug-likeness (QED) is 0.281. The number of hydrogen-bond acceptors (Lipinski definition) is 7. The maximum absolute atomic E-state index is 13.8. The average molecular weight is 534 g/mol. The summed E-state index contributed by atoms with van der Waals surface area (Å²) < 4.78 is 75.4. The van der Waals surface area contributed by atoms with E-state index in [-0.39, 0.29) is 30.6 Å². The SMILES string of the molecule is CCOC(=O)Cc1ccc(OC)cc1OCc1cc(B2OC(C)(C)C(C)(C)O2)c2occ(C(F)(F)F)c2c1. The minimum Gasteiger partial charge on any atom is -0.497 e. The van der Waals surface area contributed by atoms with Crippen LogP contribution < -0.4 is 14.9 Å². The molecule has 11 heteroatoms. The van der Waals surface area contributed by atoms with Gasteiger partial charge in [-0.05, 0) is 52.3 Å². The molecule has 0 aliphatic carbocycles. The maximum atomic E-state index is 13.8. The van der Waals surface area contributed by atoms with Crippen molar-refractivity contribution in [3.8, 4) is 11.5 Å². The van der Waals surface area contributed by atoms with Crippen molar-refractivity contribution in [3.63, 3.8) is 0 Å². The highest BCUT2D eigenvalue weighted by molar-refractivity contribution is 6.64. The summed E-state index contributed by atoms with van der Waals surface area (Å²) in [5.41, 5.74) is -0.986. The molecule has 1 saturated heterocycles. The first kappa shape index (κ1) is 27.8. The Bertz CT molecular complexity index is 1310. The summed E-state index contributed by atoms with van der Waals surface area (Å²) in [5, 5.41) is -0.124. The number of carbonyl (C=O) groups is 1. The Kier molecular flexibility index (Phi) is 7.46. The number of furan rings is 1. The van der Waals surface area contributed by atoms with Crippen LogP contribution in [0.1, 0.15) is 51.3 Å². The second-order valence-electron chi connectivity index (χ2n) is 10.0. The lowest BCUT2D eigenvalue weighted by Crippen LogP contribution is -2.41. The molecular weight excluding hydrogens is 504 g/mol. The smallest absolute Gasteiger partial charge is 0.497 e. The number of carbonyl (C=O) groups excluding carboxylic acids is 1. The van der Waals surface area contributed by atoms with E-state index < -0.39 is 36.0 Å². The van der Waals surface area contributed by atoms with Gasteiger partial charge in [-0.15, -0.1) is 0 Å². The third-order valence-electron chi connectivity index (χ3n) is 6.88. The lowest BCUT2D eigenvalue weighted by Gasteiger charge is -2.32. The third kappa shape index (κ3) is 5.49. The third-order valence-corrected chi connectivity index (χ3v) is 6.88. The molecule has 7 nitrogen and oxygen atoms in total. The van der Waals surface area contributed by atoms with Crippen molar-refractivity contribution in [1.82, 2.24) is 0 Å². The van der Waals surface area contributed by atoms with E-state index in [9.17, 15) is 18.0 Å². The van der Waals surface area contributed by atoms with Crippen LogP contribution in [0, 0.1) is 0 Å². The van der Waals surface area contributed by atoms with E-state index in [2.05, 4.69) is 0 Å². The van der Waals surface area contributed by atoms with Gasteiger partial charge in [-0.3, -0.25) is 4.79 Å². The molecule has 0 atom stereocenters. The van der Waals surface area contributed by atoms with Gasteiger partial charge in [0.05, 0.1) is 31.3 Å². The molecule has 0 N–H and O–H groups in total. The summed E-state index contributed by atoms with van der Waals surface area (Å²) in [6, 6.07) is 8.01. The molecule has 0 saturated carbocycles. The molecule has 0 radical (unpaired) electrons. The van der Waals surface area contributed by atoms with Gasteiger partial charge in [-0.1, -0.05) is 12.1 Å². The zero-order valence-corrected chi connectivity index (χ0v) is 22.2. The van der Waals surface area contributed by atoms with Crippen molar-refractivity contribution in [3.05, 3.63) is 53.3 Å². The van der Waals surface area contributed by atoms with Gasteiger partial charge in [-0.25, -0.2) is 0 Å². The van der Waals surface area contributed by atoms with Crippen LogP contribution in [0.4, 0.5) is 13.2 Å². The molecule has 0 unspecified atom stereocenters. The number of benzene rings is 2. The minimum atomic E-state index is -4.63. The second-order valence-corrected chi connectivity index (χ2v) is 10.0. The largest absolute Gasteiger partial charge is 0.498 e. The normalized spacial score (nSPS) is 16.6. The van der Waals surface area contributed by atoms with Gasteiger partial charge in [0.25, 0.3) is 0 Å². The van der Waals surface area contributed by atoms with Gasteiger partial charge >= 0.3 is 19.3 Å². The Balaban J connectivity index is 1.73. The number of alkyl halides is 3. The molecular formula is C27H30BF3O7. The van der Waals surface area contributed by atoms with Crippen LogP contribution in [-0.4, -0.2) is 38.0 Å². The fourth-order valence-electron chi connectivity index (χ4n) is 4.15. The van der Waals surface area contributed by atoms with Crippen molar-refractivity contribution in [1.29, 1.82) is 0 Å². The molecule has 0 amide bonds. The summed E-state index contributed by atoms with van der Waals surface area (Å²) in [6.45, 7) is 9.26. The molecule has 1 aliphatic rings. The number of esters is 1. The number of halogens is 3. The Labute approximate surface area is 219 Å². The van der Waals surface area contributed by atoms with E-state index in [1.165, 1.54) is 13.2 Å². The molecule has 0 spiro atoms. The molecule has 2 aromatic carbocycles. The highest BCUT2D eigenvalue weighted by Crippen LogP contribution is 2.40. The Morgan fingerprint density at radius 2 is 1.74 bits per heavy atom. The van der Waals surface area contributed by atoms with Crippen molar-refractivity contribution in [2.45, 2.75) is 65.0 Å². The van der Waals surface area contributed by atoms with E-state index in [1.807, 2.05) is 27.7 Å². The van der Waals surface area contributed by atoms with Gasteiger partial charge in [0.2, 0.25) is 0 Å². The monoisotopic (exact) mass is 534 g/mol. The predicted octanol–water partition coefficient (Wildman–Crippen LogP) is 5.44. The molecule has 204 valence electrons. The van der Waals surface area contributed by atoms with Crippen molar-refractivity contribution < 1.29 is 45.9 Å². The predicted molar refractivity (Wildman–Crippen MR) is 135 cm³/mol. The van der Waals surface area contributed by atoms with E-state index in [4.69, 9.17) is 27.9 Å². The van der Waals surface area contributed by atoms with Crippen LogP contribution >= 0.6 is 0 Å². The Hall–Kier alpha value is -3.18. The standard InChI is InChI=1S/C27H30BF3O7/c1-7-34-23(32)12-17-8-9-18(33-6)13-22(17)35-14-16-10-19-20(27(29,30)31)15-36-24(19)21(11-16)28-37-25(2,3)26(4,5)38-28/h8-11,13,15H,7,12,14H2,1-6H3. The molecule has 2 heterocycles. The van der Waals surface area contributed by atoms with Gasteiger partial charge < -0.3 is 27.9 Å². The van der Waals surface area contributed by atoms with Crippen LogP contribution in [0.3, 0.4) is 0 Å². The zero-order chi connectivity index (χ0) is 27.9. The Morgan fingerprint density at radius 3 is 2.34 bits per heavy atom. The molecule has 1 aliphatic heterocycles. The van der Waals surface area contributed by atoms with Crippen LogP contribution in [0.5, 0.6) is 11.5 Å². The lowest BCUT2D eigenvalue weighted by molar-refractivity contribution is -0.142. The minimum absolute atomic E-state index is 0.0314. The first-order valence-electron chi connectivity index (χ1n) is 12.2. The van der Waals surface area contributed by atoms with E-state index >= 15 is 0 Å². The van der Waals surface area contributed by atoms with Crippen molar-refractivity contribution in [2.75, 3.05) is 13.7 Å². The van der Waals surface area contributed by atoms with Gasteiger partial charge in [0.1, 0.15) is 35.5 Å². The summed E-state index contributed by atoms with van der Waals surface area (Å²) in [5.74, 6) is 0.410. The molecule has 0 bridgehead atoms. The number of methoxy groups -OCH3 is 1. The van der Waals surface area contributed by atoms with Crippen LogP contribution in [0.2, 0.25) is 0 Å². The fraction of sp³-hybridized carbons (Fsp3) is 0.444. The zero-order valence-electron chi connectivity index (χ0n) is 22.2. The van der Waals surface area contributed by atoms with Crippen molar-refractivity contribution >= 4 is 29.5 Å². The Morgan fingerprint density at radius 1 is 1.05 bits per heavy atom. The number of ether oxygens (including phenoxy) is 3. The highest BCUT2D eigenvalue weighted by atomic mass is 19.4. The number of rotatable bonds is 8. The van der Waals surface area contributed by atoms with Gasteiger partial charge in [0, 0.05) is 22.5 Å². The van der Waals surface area contributed by atoms with Gasteiger partial charge in [0.15, 0.2) is 0 Å². The highest BCUT2D eigenvalue weighted by Gasteiger charge is 2.52. The average Bonchev–Trinajstić information content (AvgIpc) is 3.35. The van der Waals surface area contributed by atoms with E-state index in [0.717, 1.165) is 0 Å². The summed E-state index contributed by atoms with van der Waals surface area (Å²) in [6.07, 6.45) is -3.97. The topological polar surface area (TPSA) is 76.4 Å². The molecule has 1 aromatic heterocycles. The first-order valence-corrected chi connectivity index (χ1v) is 12.2. The van der Waals surface area contributed by atoms with Gasteiger partial charge in [-0.2, -0.15) is 13.2 Å². The maximum Gasteiger partial charge on any atom is 0.498 e. The van der Waals surface area contributed by atoms with Crippen LogP contribution in [-0.2, 0) is 38.0 Å².